The first-order valence-electron chi connectivity index (χ1n) is 6.32. The number of esters is 2. The van der Waals surface area contributed by atoms with Gasteiger partial charge in [-0.15, -0.1) is 0 Å². The molecule has 0 aliphatic carbocycles. The third kappa shape index (κ3) is 5.10. The van der Waals surface area contributed by atoms with Gasteiger partial charge in [0.25, 0.3) is 0 Å². The summed E-state index contributed by atoms with van der Waals surface area (Å²) >= 11 is 0. The van der Waals surface area contributed by atoms with Gasteiger partial charge in [0, 0.05) is 6.92 Å². The molecule has 0 unspecified atom stereocenters. The molecular formula is C15H17NO5. The van der Waals surface area contributed by atoms with Gasteiger partial charge >= 0.3 is 11.9 Å². The molecule has 0 saturated heterocycles. The van der Waals surface area contributed by atoms with Gasteiger partial charge in [0.05, 0.1) is 19.3 Å². The van der Waals surface area contributed by atoms with Gasteiger partial charge in [0.1, 0.15) is 5.70 Å². The van der Waals surface area contributed by atoms with E-state index in [0.717, 1.165) is 0 Å². The highest BCUT2D eigenvalue weighted by atomic mass is 16.5. The van der Waals surface area contributed by atoms with Crippen molar-refractivity contribution in [3.8, 4) is 0 Å². The number of carbonyl (C=O) groups is 3. The van der Waals surface area contributed by atoms with E-state index < -0.39 is 11.9 Å². The molecule has 0 radical (unpaired) electrons. The number of hydrogen-bond acceptors (Lipinski definition) is 5. The number of nitrogens with one attached hydrogen (secondary N) is 1. The number of methoxy groups -OCH3 is 1. The summed E-state index contributed by atoms with van der Waals surface area (Å²) in [5, 5.41) is 2.42. The highest BCUT2D eigenvalue weighted by Gasteiger charge is 2.12. The molecule has 0 aliphatic heterocycles. The van der Waals surface area contributed by atoms with Crippen LogP contribution in [0.3, 0.4) is 0 Å². The molecule has 6 heteroatoms. The van der Waals surface area contributed by atoms with Crippen molar-refractivity contribution >= 4 is 23.9 Å². The van der Waals surface area contributed by atoms with E-state index in [2.05, 4.69) is 10.1 Å². The van der Waals surface area contributed by atoms with E-state index >= 15 is 0 Å². The van der Waals surface area contributed by atoms with Crippen molar-refractivity contribution in [3.05, 3.63) is 41.1 Å². The average molecular weight is 291 g/mol. The summed E-state index contributed by atoms with van der Waals surface area (Å²) in [6.07, 6.45) is 1.47. The second-order valence-electron chi connectivity index (χ2n) is 4.07. The molecule has 1 N–H and O–H groups in total. The number of benzene rings is 1. The van der Waals surface area contributed by atoms with Gasteiger partial charge in [-0.2, -0.15) is 0 Å². The third-order valence-electron chi connectivity index (χ3n) is 2.45. The van der Waals surface area contributed by atoms with Crippen LogP contribution < -0.4 is 5.32 Å². The van der Waals surface area contributed by atoms with E-state index in [-0.39, 0.29) is 18.2 Å². The molecule has 0 saturated carbocycles. The lowest BCUT2D eigenvalue weighted by Gasteiger charge is -2.07. The molecule has 6 nitrogen and oxygen atoms in total. The minimum atomic E-state index is -0.621. The van der Waals surface area contributed by atoms with E-state index in [4.69, 9.17) is 4.74 Å². The van der Waals surface area contributed by atoms with Crippen LogP contribution >= 0.6 is 0 Å². The minimum Gasteiger partial charge on any atom is -0.465 e. The van der Waals surface area contributed by atoms with Gasteiger partial charge in [-0.05, 0) is 30.7 Å². The first kappa shape index (κ1) is 16.4. The summed E-state index contributed by atoms with van der Waals surface area (Å²) in [5.74, 6) is -1.44. The summed E-state index contributed by atoms with van der Waals surface area (Å²) in [4.78, 5) is 34.2. The Labute approximate surface area is 122 Å². The number of amides is 1. The maximum Gasteiger partial charge on any atom is 0.354 e. The van der Waals surface area contributed by atoms with Crippen LogP contribution in [0.4, 0.5) is 0 Å². The molecule has 0 heterocycles. The third-order valence-corrected chi connectivity index (χ3v) is 2.45. The molecule has 0 bridgehead atoms. The van der Waals surface area contributed by atoms with Crippen molar-refractivity contribution in [1.82, 2.24) is 5.32 Å². The van der Waals surface area contributed by atoms with Crippen LogP contribution in [0.25, 0.3) is 6.08 Å². The van der Waals surface area contributed by atoms with Gasteiger partial charge in [-0.25, -0.2) is 9.59 Å². The molecule has 0 atom stereocenters. The Bertz CT molecular complexity index is 560. The van der Waals surface area contributed by atoms with Crippen molar-refractivity contribution in [2.45, 2.75) is 13.8 Å². The minimum absolute atomic E-state index is 0.0372. The monoisotopic (exact) mass is 291 g/mol. The van der Waals surface area contributed by atoms with E-state index in [0.29, 0.717) is 11.1 Å². The first-order valence-corrected chi connectivity index (χ1v) is 6.32. The quantitative estimate of drug-likeness (QED) is 0.657. The zero-order chi connectivity index (χ0) is 15.8. The number of rotatable bonds is 5. The fourth-order valence-corrected chi connectivity index (χ4v) is 1.54. The Kier molecular flexibility index (Phi) is 6.13. The number of ether oxygens (including phenoxy) is 2. The summed E-state index contributed by atoms with van der Waals surface area (Å²) < 4.78 is 9.45. The van der Waals surface area contributed by atoms with Crippen molar-refractivity contribution in [3.63, 3.8) is 0 Å². The Morgan fingerprint density at radius 2 is 1.81 bits per heavy atom. The van der Waals surface area contributed by atoms with Gasteiger partial charge in [-0.3, -0.25) is 4.79 Å². The molecule has 1 aromatic carbocycles. The Morgan fingerprint density at radius 3 is 2.29 bits per heavy atom. The summed E-state index contributed by atoms with van der Waals surface area (Å²) in [6.45, 7) is 3.18. The van der Waals surface area contributed by atoms with Crippen LogP contribution in [0.1, 0.15) is 29.8 Å². The Balaban J connectivity index is 3.01. The summed E-state index contributed by atoms with van der Waals surface area (Å²) in [6, 6.07) is 6.39. The van der Waals surface area contributed by atoms with Crippen LogP contribution in [-0.4, -0.2) is 31.6 Å². The van der Waals surface area contributed by atoms with E-state index in [1.807, 2.05) is 0 Å². The van der Waals surface area contributed by atoms with Gasteiger partial charge in [0.15, 0.2) is 0 Å². The predicted molar refractivity (Wildman–Crippen MR) is 76.2 cm³/mol. The van der Waals surface area contributed by atoms with Crippen molar-refractivity contribution < 1.29 is 23.9 Å². The predicted octanol–water partition coefficient (Wildman–Crippen LogP) is 1.51. The van der Waals surface area contributed by atoms with Crippen LogP contribution in [0, 0.1) is 0 Å². The lowest BCUT2D eigenvalue weighted by atomic mass is 10.1. The standard InChI is InChI=1S/C15H17NO5/c1-4-21-15(19)13(16-10(2)17)9-11-5-7-12(8-6-11)14(18)20-3/h5-9H,4H2,1-3H3,(H,16,17)/b13-9-. The second-order valence-corrected chi connectivity index (χ2v) is 4.07. The lowest BCUT2D eigenvalue weighted by Crippen LogP contribution is -2.26. The average Bonchev–Trinajstić information content (AvgIpc) is 2.46. The maximum atomic E-state index is 11.7. The molecule has 0 aromatic heterocycles. The molecule has 0 fully saturated rings. The molecule has 1 rings (SSSR count). The smallest absolute Gasteiger partial charge is 0.354 e. The topological polar surface area (TPSA) is 81.7 Å². The number of hydrogen-bond donors (Lipinski definition) is 1. The Morgan fingerprint density at radius 1 is 1.19 bits per heavy atom. The van der Waals surface area contributed by atoms with Crippen LogP contribution in [0.15, 0.2) is 30.0 Å². The van der Waals surface area contributed by atoms with Crippen LogP contribution in [0.5, 0.6) is 0 Å². The summed E-state index contributed by atoms with van der Waals surface area (Å²) in [7, 11) is 1.30. The highest BCUT2D eigenvalue weighted by molar-refractivity contribution is 5.97. The first-order chi connectivity index (χ1) is 9.97. The lowest BCUT2D eigenvalue weighted by molar-refractivity contribution is -0.139. The van der Waals surface area contributed by atoms with Crippen LogP contribution in [0.2, 0.25) is 0 Å². The molecular weight excluding hydrogens is 274 g/mol. The summed E-state index contributed by atoms with van der Waals surface area (Å²) in [5.41, 5.74) is 1.07. The normalized spacial score (nSPS) is 10.7. The molecule has 1 aromatic rings. The zero-order valence-electron chi connectivity index (χ0n) is 12.1. The van der Waals surface area contributed by atoms with Gasteiger partial charge in [0.2, 0.25) is 5.91 Å². The molecule has 21 heavy (non-hydrogen) atoms. The van der Waals surface area contributed by atoms with E-state index in [1.54, 1.807) is 31.2 Å². The SMILES string of the molecule is CCOC(=O)/C(=C/c1ccc(C(=O)OC)cc1)NC(C)=O. The van der Waals surface area contributed by atoms with Crippen molar-refractivity contribution in [2.24, 2.45) is 0 Å². The number of carbonyl (C=O) groups excluding carboxylic acids is 3. The van der Waals surface area contributed by atoms with Crippen molar-refractivity contribution in [2.75, 3.05) is 13.7 Å². The van der Waals surface area contributed by atoms with E-state index in [9.17, 15) is 14.4 Å². The molecule has 0 spiro atoms. The fraction of sp³-hybridized carbons (Fsp3) is 0.267. The molecule has 1 amide bonds. The van der Waals surface area contributed by atoms with Crippen molar-refractivity contribution in [1.29, 1.82) is 0 Å². The zero-order valence-corrected chi connectivity index (χ0v) is 12.1. The van der Waals surface area contributed by atoms with Gasteiger partial charge < -0.3 is 14.8 Å². The van der Waals surface area contributed by atoms with E-state index in [1.165, 1.54) is 20.1 Å². The molecule has 0 aliphatic rings. The fourth-order valence-electron chi connectivity index (χ4n) is 1.54. The second kappa shape index (κ2) is 7.84. The maximum absolute atomic E-state index is 11.7. The highest BCUT2D eigenvalue weighted by Crippen LogP contribution is 2.10. The largest absolute Gasteiger partial charge is 0.465 e. The Hall–Kier alpha value is -2.63. The molecule has 112 valence electrons. The van der Waals surface area contributed by atoms with Crippen LogP contribution in [-0.2, 0) is 19.1 Å². The van der Waals surface area contributed by atoms with Gasteiger partial charge in [-0.1, -0.05) is 12.1 Å².